The Bertz CT molecular complexity index is 783. The molecule has 1 spiro atoms. The van der Waals surface area contributed by atoms with Crippen LogP contribution in [-0.2, 0) is 24.2 Å². The van der Waals surface area contributed by atoms with Crippen molar-refractivity contribution in [1.29, 1.82) is 0 Å². The Kier molecular flexibility index (Phi) is 3.67. The van der Waals surface area contributed by atoms with Crippen LogP contribution in [0.5, 0.6) is 0 Å². The molecule has 3 heteroatoms. The third-order valence-corrected chi connectivity index (χ3v) is 5.65. The van der Waals surface area contributed by atoms with Crippen LogP contribution in [0.2, 0.25) is 0 Å². The molecule has 1 heterocycles. The molecule has 2 aromatic rings. The Labute approximate surface area is 142 Å². The number of hydrogen-bond donors (Lipinski definition) is 0. The average molecular weight is 323 g/mol. The molecule has 1 aliphatic carbocycles. The number of hydrogen-bond acceptors (Lipinski definition) is 1. The Morgan fingerprint density at radius 3 is 2.67 bits per heavy atom. The lowest BCUT2D eigenvalue weighted by atomic mass is 9.70. The van der Waals surface area contributed by atoms with Crippen molar-refractivity contribution in [2.24, 2.45) is 5.41 Å². The summed E-state index contributed by atoms with van der Waals surface area (Å²) in [6.07, 6.45) is 3.73. The third kappa shape index (κ3) is 2.62. The van der Waals surface area contributed by atoms with E-state index >= 15 is 0 Å². The fraction of sp³-hybridized carbons (Fsp3) is 0.381. The topological polar surface area (TPSA) is 20.3 Å². The summed E-state index contributed by atoms with van der Waals surface area (Å²) in [4.78, 5) is 15.1. The minimum atomic E-state index is -0.234. The van der Waals surface area contributed by atoms with Crippen molar-refractivity contribution in [2.75, 3.05) is 6.54 Å². The van der Waals surface area contributed by atoms with Crippen molar-refractivity contribution in [3.63, 3.8) is 0 Å². The van der Waals surface area contributed by atoms with Gasteiger partial charge in [-0.1, -0.05) is 35.9 Å². The first kappa shape index (κ1) is 15.4. The van der Waals surface area contributed by atoms with E-state index in [1.165, 1.54) is 28.8 Å². The quantitative estimate of drug-likeness (QED) is 0.817. The van der Waals surface area contributed by atoms with Gasteiger partial charge in [0, 0.05) is 13.1 Å². The molecule has 0 bridgehead atoms. The number of rotatable bonds is 2. The standard InChI is InChI=1S/C21H22FNO/c1-15-2-5-17-8-9-21(13-18(17)12-15)10-11-23(20(21)24)14-16-3-6-19(22)7-4-16/h2-7,12H,8-11,13-14H2,1H3. The van der Waals surface area contributed by atoms with Crippen molar-refractivity contribution in [3.8, 4) is 0 Å². The van der Waals surface area contributed by atoms with Crippen LogP contribution in [0.15, 0.2) is 42.5 Å². The van der Waals surface area contributed by atoms with E-state index in [2.05, 4.69) is 25.1 Å². The molecule has 1 atom stereocenters. The summed E-state index contributed by atoms with van der Waals surface area (Å²) in [7, 11) is 0. The maximum Gasteiger partial charge on any atom is 0.229 e. The Morgan fingerprint density at radius 2 is 1.88 bits per heavy atom. The van der Waals surface area contributed by atoms with Crippen molar-refractivity contribution >= 4 is 5.91 Å². The van der Waals surface area contributed by atoms with Crippen LogP contribution in [0.1, 0.15) is 35.1 Å². The van der Waals surface area contributed by atoms with Gasteiger partial charge in [0.05, 0.1) is 5.41 Å². The lowest BCUT2D eigenvalue weighted by molar-refractivity contribution is -0.137. The number of likely N-dealkylation sites (tertiary alicyclic amines) is 1. The van der Waals surface area contributed by atoms with E-state index in [-0.39, 0.29) is 17.1 Å². The SMILES string of the molecule is Cc1ccc2c(c1)CC1(CC2)CCN(Cc2ccc(F)cc2)C1=O. The molecule has 1 fully saturated rings. The van der Waals surface area contributed by atoms with E-state index in [0.29, 0.717) is 6.54 Å². The zero-order chi connectivity index (χ0) is 16.7. The van der Waals surface area contributed by atoms with Crippen LogP contribution >= 0.6 is 0 Å². The first-order valence-corrected chi connectivity index (χ1v) is 8.68. The van der Waals surface area contributed by atoms with Crippen molar-refractivity contribution in [3.05, 3.63) is 70.5 Å². The minimum absolute atomic E-state index is 0.221. The van der Waals surface area contributed by atoms with E-state index in [0.717, 1.165) is 37.8 Å². The average Bonchev–Trinajstić information content (AvgIpc) is 2.86. The summed E-state index contributed by atoms with van der Waals surface area (Å²) in [5.74, 6) is 0.0428. The fourth-order valence-corrected chi connectivity index (χ4v) is 4.24. The third-order valence-electron chi connectivity index (χ3n) is 5.65. The summed E-state index contributed by atoms with van der Waals surface area (Å²) in [5.41, 5.74) is 4.78. The molecule has 1 saturated heterocycles. The zero-order valence-electron chi connectivity index (χ0n) is 14.0. The summed E-state index contributed by atoms with van der Waals surface area (Å²) < 4.78 is 13.1. The number of halogens is 1. The molecular formula is C21H22FNO. The molecule has 2 aliphatic rings. The van der Waals surface area contributed by atoms with Gasteiger partial charge in [-0.15, -0.1) is 0 Å². The van der Waals surface area contributed by atoms with Crippen molar-refractivity contribution in [1.82, 2.24) is 4.90 Å². The molecule has 0 N–H and O–H groups in total. The first-order valence-electron chi connectivity index (χ1n) is 8.68. The lowest BCUT2D eigenvalue weighted by Crippen LogP contribution is -2.38. The normalized spacial score (nSPS) is 22.9. The smallest absolute Gasteiger partial charge is 0.229 e. The van der Waals surface area contributed by atoms with Crippen LogP contribution in [0.3, 0.4) is 0 Å². The highest BCUT2D eigenvalue weighted by molar-refractivity contribution is 5.85. The lowest BCUT2D eigenvalue weighted by Gasteiger charge is -2.33. The summed E-state index contributed by atoms with van der Waals surface area (Å²) in [6.45, 7) is 3.50. The molecule has 1 aliphatic heterocycles. The Hall–Kier alpha value is -2.16. The van der Waals surface area contributed by atoms with Gasteiger partial charge in [0.2, 0.25) is 5.91 Å². The van der Waals surface area contributed by atoms with Gasteiger partial charge in [-0.25, -0.2) is 4.39 Å². The molecule has 124 valence electrons. The molecule has 2 aromatic carbocycles. The van der Waals surface area contributed by atoms with Crippen LogP contribution in [-0.4, -0.2) is 17.4 Å². The second kappa shape index (κ2) is 5.73. The van der Waals surface area contributed by atoms with Crippen molar-refractivity contribution in [2.45, 2.75) is 39.2 Å². The summed E-state index contributed by atoms with van der Waals surface area (Å²) >= 11 is 0. The molecular weight excluding hydrogens is 301 g/mol. The van der Waals surface area contributed by atoms with Crippen LogP contribution in [0.25, 0.3) is 0 Å². The van der Waals surface area contributed by atoms with E-state index in [4.69, 9.17) is 0 Å². The molecule has 2 nitrogen and oxygen atoms in total. The summed E-state index contributed by atoms with van der Waals surface area (Å²) in [5, 5.41) is 0. The Balaban J connectivity index is 1.54. The van der Waals surface area contributed by atoms with Gasteiger partial charge in [0.25, 0.3) is 0 Å². The van der Waals surface area contributed by atoms with E-state index in [1.807, 2.05) is 4.90 Å². The van der Waals surface area contributed by atoms with E-state index in [1.54, 1.807) is 12.1 Å². The van der Waals surface area contributed by atoms with Gasteiger partial charge in [-0.2, -0.15) is 0 Å². The van der Waals surface area contributed by atoms with Gasteiger partial charge >= 0.3 is 0 Å². The van der Waals surface area contributed by atoms with Gasteiger partial charge in [-0.3, -0.25) is 4.79 Å². The molecule has 24 heavy (non-hydrogen) atoms. The number of benzene rings is 2. The summed E-state index contributed by atoms with van der Waals surface area (Å²) in [6, 6.07) is 13.1. The van der Waals surface area contributed by atoms with Gasteiger partial charge in [-0.05, 0) is 61.4 Å². The molecule has 4 rings (SSSR count). The number of amides is 1. The zero-order valence-corrected chi connectivity index (χ0v) is 14.0. The van der Waals surface area contributed by atoms with Crippen LogP contribution < -0.4 is 0 Å². The van der Waals surface area contributed by atoms with Crippen LogP contribution in [0.4, 0.5) is 4.39 Å². The van der Waals surface area contributed by atoms with Gasteiger partial charge in [0.1, 0.15) is 5.82 Å². The molecule has 0 saturated carbocycles. The molecule has 0 radical (unpaired) electrons. The van der Waals surface area contributed by atoms with Gasteiger partial charge < -0.3 is 4.90 Å². The van der Waals surface area contributed by atoms with E-state index < -0.39 is 0 Å². The van der Waals surface area contributed by atoms with Crippen LogP contribution in [0, 0.1) is 18.2 Å². The first-order chi connectivity index (χ1) is 11.6. The predicted octanol–water partition coefficient (Wildman–Crippen LogP) is 4.04. The number of carbonyl (C=O) groups excluding carboxylic acids is 1. The minimum Gasteiger partial charge on any atom is -0.338 e. The maximum atomic E-state index is 13.1. The monoisotopic (exact) mass is 323 g/mol. The second-order valence-corrected chi connectivity index (χ2v) is 7.33. The van der Waals surface area contributed by atoms with Crippen molar-refractivity contribution < 1.29 is 9.18 Å². The highest BCUT2D eigenvalue weighted by Crippen LogP contribution is 2.44. The predicted molar refractivity (Wildman–Crippen MR) is 92.1 cm³/mol. The largest absolute Gasteiger partial charge is 0.338 e. The second-order valence-electron chi connectivity index (χ2n) is 7.33. The number of nitrogens with zero attached hydrogens (tertiary/aromatic N) is 1. The molecule has 1 amide bonds. The maximum absolute atomic E-state index is 13.1. The van der Waals surface area contributed by atoms with E-state index in [9.17, 15) is 9.18 Å². The highest BCUT2D eigenvalue weighted by Gasteiger charge is 2.47. The molecule has 1 unspecified atom stereocenters. The van der Waals surface area contributed by atoms with Gasteiger partial charge in [0.15, 0.2) is 0 Å². The Morgan fingerprint density at radius 1 is 1.08 bits per heavy atom. The molecule has 0 aromatic heterocycles. The number of aryl methyl sites for hydroxylation is 2. The fourth-order valence-electron chi connectivity index (χ4n) is 4.24. The number of fused-ring (bicyclic) bond motifs is 1. The number of carbonyl (C=O) groups is 1. The highest BCUT2D eigenvalue weighted by atomic mass is 19.1.